The fourth-order valence-corrected chi connectivity index (χ4v) is 15.0. The highest BCUT2D eigenvalue weighted by Crippen LogP contribution is 2.56. The van der Waals surface area contributed by atoms with E-state index in [1.54, 1.807) is 23.2 Å². The number of amides is 1. The minimum atomic E-state index is -4.76. The zero-order valence-corrected chi connectivity index (χ0v) is 39.9. The van der Waals surface area contributed by atoms with E-state index in [0.717, 1.165) is 63.1 Å². The standard InChI is InChI=1S/C51H57N9O9S/c1-29-5-2-3-6-36(29)38-7-4-14-58(38)33-21-51(22-33)11-15-56(16-12-51)39-9-8-37(48(52)61)46(59-41-17-30-10-13-53-49(30)55-50(41)69-44-28-66-27-42(44)59)47(39)70(64,65)35-19-40(60(62)63)45-43(20-35)68-25-31(54-45)23-57-24-34-18-32(57)26-67-34/h2-3,5-6,8-10,13,17,19-20,31-34,38,42,44,54H,4,7,11-12,14-16,18,21-28H2,1H3,(H2,52,61)(H,53,55)/t31-,32-,34-,38-,42+,44+/m0/s1. The van der Waals surface area contributed by atoms with Gasteiger partial charge >= 0.3 is 0 Å². The van der Waals surface area contributed by atoms with Gasteiger partial charge in [-0.15, -0.1) is 0 Å². The number of pyridine rings is 1. The lowest BCUT2D eigenvalue weighted by molar-refractivity contribution is -0.384. The van der Waals surface area contributed by atoms with Gasteiger partial charge in [-0.3, -0.25) is 24.7 Å². The van der Waals surface area contributed by atoms with Gasteiger partial charge < -0.3 is 44.8 Å². The van der Waals surface area contributed by atoms with Crippen LogP contribution in [0.15, 0.2) is 76.7 Å². The molecule has 4 N–H and O–H groups in total. The van der Waals surface area contributed by atoms with Crippen molar-refractivity contribution in [3.8, 4) is 11.6 Å². The molecule has 0 unspecified atom stereocenters. The maximum Gasteiger partial charge on any atom is 0.297 e. The highest BCUT2D eigenvalue weighted by molar-refractivity contribution is 7.91. The number of nitrogens with two attached hydrogens (primary N) is 1. The Bertz CT molecular complexity index is 3060. The van der Waals surface area contributed by atoms with Gasteiger partial charge in [0.2, 0.25) is 15.7 Å². The molecule has 2 aromatic heterocycles. The van der Waals surface area contributed by atoms with Crippen LogP contribution in [0.4, 0.5) is 28.4 Å². The number of ether oxygens (including phenoxy) is 4. The Balaban J connectivity index is 0.893. The summed E-state index contributed by atoms with van der Waals surface area (Å²) in [6.45, 7) is 6.98. The third-order valence-corrected chi connectivity index (χ3v) is 18.6. The van der Waals surface area contributed by atoms with Crippen LogP contribution in [0.1, 0.15) is 72.5 Å². The first kappa shape index (κ1) is 44.0. The number of carbonyl (C=O) groups is 1. The van der Waals surface area contributed by atoms with Crippen molar-refractivity contribution in [1.82, 2.24) is 19.8 Å². The molecule has 6 atom stereocenters. The number of hydrogen-bond donors (Lipinski definition) is 3. The quantitative estimate of drug-likeness (QED) is 0.104. The van der Waals surface area contributed by atoms with E-state index in [9.17, 15) is 14.9 Å². The van der Waals surface area contributed by atoms with E-state index in [0.29, 0.717) is 55.3 Å². The lowest BCUT2D eigenvalue weighted by atomic mass is 9.59. The second-order valence-electron chi connectivity index (χ2n) is 20.9. The highest BCUT2D eigenvalue weighted by Gasteiger charge is 2.52. The second-order valence-corrected chi connectivity index (χ2v) is 22.7. The van der Waals surface area contributed by atoms with E-state index in [-0.39, 0.29) is 81.8 Å². The Morgan fingerprint density at radius 3 is 2.61 bits per heavy atom. The van der Waals surface area contributed by atoms with Crippen molar-refractivity contribution in [3.05, 3.63) is 93.7 Å². The molecular weight excluding hydrogens is 915 g/mol. The van der Waals surface area contributed by atoms with E-state index in [1.165, 1.54) is 23.6 Å². The number of aryl methyl sites for hydroxylation is 1. The molecule has 1 amide bonds. The number of nitrogens with zero attached hydrogens (tertiary/aromatic N) is 6. The number of benzene rings is 3. The summed E-state index contributed by atoms with van der Waals surface area (Å²) < 4.78 is 56.7. The van der Waals surface area contributed by atoms with Crippen LogP contribution in [0.5, 0.6) is 11.6 Å². The van der Waals surface area contributed by atoms with E-state index in [4.69, 9.17) is 29.7 Å². The number of nitro benzene ring substituents is 1. The summed E-state index contributed by atoms with van der Waals surface area (Å²) in [4.78, 5) is 42.7. The number of sulfone groups is 1. The average molecular weight is 972 g/mol. The molecule has 8 aliphatic rings. The molecule has 2 bridgehead atoms. The number of H-pyrrole nitrogens is 1. The topological polar surface area (TPSA) is 211 Å². The summed E-state index contributed by atoms with van der Waals surface area (Å²) in [7, 11) is -4.76. The molecule has 0 radical (unpaired) electrons. The fourth-order valence-electron chi connectivity index (χ4n) is 13.3. The summed E-state index contributed by atoms with van der Waals surface area (Å²) in [5, 5.41) is 17.1. The molecule has 6 fully saturated rings. The number of carbonyl (C=O) groups excluding carboxylic acids is 1. The van der Waals surface area contributed by atoms with Crippen molar-refractivity contribution < 1.29 is 37.1 Å². The van der Waals surface area contributed by atoms with E-state index in [1.807, 2.05) is 12.1 Å². The van der Waals surface area contributed by atoms with Gasteiger partial charge in [-0.2, -0.15) is 4.98 Å². The van der Waals surface area contributed by atoms with Crippen LogP contribution in [-0.2, 0) is 19.3 Å². The normalized spacial score (nSPS) is 27.2. The highest BCUT2D eigenvalue weighted by atomic mass is 32.2. The lowest BCUT2D eigenvalue weighted by Gasteiger charge is -2.56. The van der Waals surface area contributed by atoms with Gasteiger partial charge in [-0.25, -0.2) is 8.42 Å². The molecule has 70 heavy (non-hydrogen) atoms. The molecule has 5 aromatic rings. The number of piperidine rings is 1. The Labute approximate surface area is 405 Å². The van der Waals surface area contributed by atoms with Gasteiger partial charge in [-0.05, 0) is 99.2 Å². The fraction of sp³-hybridized carbons (Fsp3) is 0.490. The van der Waals surface area contributed by atoms with Crippen molar-refractivity contribution in [1.29, 1.82) is 0 Å². The number of likely N-dealkylation sites (tertiary alicyclic amines) is 2. The van der Waals surface area contributed by atoms with Crippen LogP contribution in [0, 0.1) is 22.5 Å². The number of nitro groups is 1. The Kier molecular flexibility index (Phi) is 10.4. The number of aromatic nitrogens is 2. The van der Waals surface area contributed by atoms with Gasteiger partial charge in [0.05, 0.1) is 64.8 Å². The number of fused-ring (bicyclic) bond motifs is 6. The Morgan fingerprint density at radius 1 is 1.00 bits per heavy atom. The van der Waals surface area contributed by atoms with Crippen molar-refractivity contribution >= 4 is 55.2 Å². The summed E-state index contributed by atoms with van der Waals surface area (Å²) in [6, 6.07) is 18.5. The number of aromatic amines is 1. The van der Waals surface area contributed by atoms with E-state index < -0.39 is 38.5 Å². The minimum Gasteiger partial charge on any atom is -0.489 e. The first-order chi connectivity index (χ1) is 33.9. The van der Waals surface area contributed by atoms with Gasteiger partial charge in [0, 0.05) is 68.0 Å². The predicted octanol–water partition coefficient (Wildman–Crippen LogP) is 6.24. The van der Waals surface area contributed by atoms with Crippen molar-refractivity contribution in [2.75, 3.05) is 74.3 Å². The van der Waals surface area contributed by atoms with Crippen LogP contribution in [-0.4, -0.2) is 135 Å². The summed E-state index contributed by atoms with van der Waals surface area (Å²) >= 11 is 0. The van der Waals surface area contributed by atoms with Crippen molar-refractivity contribution in [3.63, 3.8) is 0 Å². The average Bonchev–Trinajstić information content (AvgIpc) is 4.22. The van der Waals surface area contributed by atoms with Crippen LogP contribution in [0.25, 0.3) is 11.0 Å². The molecule has 1 spiro atoms. The molecule has 1 aliphatic carbocycles. The van der Waals surface area contributed by atoms with E-state index >= 15 is 8.42 Å². The molecule has 7 aliphatic heterocycles. The minimum absolute atomic E-state index is 0.0339. The molecule has 13 rings (SSSR count). The maximum atomic E-state index is 16.1. The van der Waals surface area contributed by atoms with Crippen molar-refractivity contribution in [2.24, 2.45) is 11.1 Å². The predicted molar refractivity (Wildman–Crippen MR) is 260 cm³/mol. The first-order valence-corrected chi connectivity index (χ1v) is 26.3. The number of primary amides is 1. The third kappa shape index (κ3) is 7.12. The zero-order valence-electron chi connectivity index (χ0n) is 39.0. The molecule has 9 heterocycles. The Morgan fingerprint density at radius 2 is 1.84 bits per heavy atom. The van der Waals surface area contributed by atoms with Gasteiger partial charge in [0.1, 0.15) is 28.9 Å². The maximum absolute atomic E-state index is 16.1. The summed E-state index contributed by atoms with van der Waals surface area (Å²) in [6.07, 6.45) is 8.52. The molecule has 19 heteroatoms. The molecule has 1 saturated carbocycles. The van der Waals surface area contributed by atoms with E-state index in [2.05, 4.69) is 56.2 Å². The van der Waals surface area contributed by atoms with Crippen molar-refractivity contribution in [2.45, 2.75) is 104 Å². The van der Waals surface area contributed by atoms with Gasteiger partial charge in [-0.1, -0.05) is 24.3 Å². The number of anilines is 4. The van der Waals surface area contributed by atoms with Crippen LogP contribution in [0.3, 0.4) is 0 Å². The SMILES string of the molecule is Cc1ccccc1[C@@H]1CCCN1C1CC2(CCN(c3ccc(C(N)=O)c(N4c5cc6cc[nH]c6nc5O[C@@H]5COC[C@H]54)c3S(=O)(=O)c3cc4c(c([N+](=O)[O-])c3)N[C@@H](CN3C[C@@H]5C[C@H]3CO5)CO4)CC2)C1. The smallest absolute Gasteiger partial charge is 0.297 e. The van der Waals surface area contributed by atoms with Gasteiger partial charge in [0.15, 0.2) is 11.4 Å². The molecular formula is C51H57N9O9S. The first-order valence-electron chi connectivity index (χ1n) is 24.8. The lowest BCUT2D eigenvalue weighted by Crippen LogP contribution is -2.55. The Hall–Kier alpha value is -5.99. The molecule has 3 aromatic carbocycles. The second kappa shape index (κ2) is 16.5. The molecule has 5 saturated heterocycles. The summed E-state index contributed by atoms with van der Waals surface area (Å²) in [5.41, 5.74) is 10.2. The van der Waals surface area contributed by atoms with Crippen LogP contribution in [0.2, 0.25) is 0 Å². The monoisotopic (exact) mass is 971 g/mol. The van der Waals surface area contributed by atoms with Crippen LogP contribution >= 0.6 is 0 Å². The molecule has 366 valence electrons. The number of morpholine rings is 1. The zero-order chi connectivity index (χ0) is 47.6. The third-order valence-electron chi connectivity index (χ3n) is 16.9. The number of hydrogen-bond acceptors (Lipinski definition) is 15. The number of nitrogens with one attached hydrogen (secondary N) is 2. The number of rotatable bonds is 10. The summed E-state index contributed by atoms with van der Waals surface area (Å²) in [5.74, 6) is -0.540. The molecule has 18 nitrogen and oxygen atoms in total. The van der Waals surface area contributed by atoms with Crippen LogP contribution < -0.4 is 30.3 Å². The largest absolute Gasteiger partial charge is 0.489 e. The van der Waals surface area contributed by atoms with Gasteiger partial charge in [0.25, 0.3) is 11.6 Å².